The molecule has 1 aromatic carbocycles. The number of hydrogen-bond acceptors (Lipinski definition) is 4. The quantitative estimate of drug-likeness (QED) is 0.722. The number of nitrogens with one attached hydrogen (secondary N) is 2. The van der Waals surface area contributed by atoms with Crippen molar-refractivity contribution < 1.29 is 27.6 Å². The lowest BCUT2D eigenvalue weighted by molar-refractivity contribution is -0.137. The highest BCUT2D eigenvalue weighted by Gasteiger charge is 2.50. The average molecular weight is 432 g/mol. The first-order chi connectivity index (χ1) is 13.0. The molecule has 2 N–H and O–H groups in total. The number of para-hydroxylation sites is 1. The van der Waals surface area contributed by atoms with E-state index >= 15 is 0 Å². The van der Waals surface area contributed by atoms with Gasteiger partial charge >= 0.3 is 12.2 Å². The fraction of sp³-hybridized carbons (Fsp3) is 0.235. The number of rotatable bonds is 4. The molecule has 1 unspecified atom stereocenters. The summed E-state index contributed by atoms with van der Waals surface area (Å²) in [5, 5.41) is 5.98. The largest absolute Gasteiger partial charge is 0.418 e. The van der Waals surface area contributed by atoms with Crippen LogP contribution in [0.1, 0.15) is 17.4 Å². The van der Waals surface area contributed by atoms with Crippen molar-refractivity contribution >= 4 is 46.5 Å². The molecule has 1 aliphatic heterocycles. The van der Waals surface area contributed by atoms with E-state index in [1.807, 2.05) is 0 Å². The lowest BCUT2D eigenvalue weighted by Crippen LogP contribution is -2.41. The SMILES string of the molecule is CC1(c2cccs2)NC(=O)N(CC(=O)Nc2c(Cl)cccc2C(F)(F)F)C1=O. The van der Waals surface area contributed by atoms with Crippen LogP contribution in [-0.2, 0) is 21.3 Å². The average Bonchev–Trinajstić information content (AvgIpc) is 3.20. The number of carbonyl (C=O) groups excluding carboxylic acids is 3. The number of halogens is 4. The van der Waals surface area contributed by atoms with E-state index in [-0.39, 0.29) is 5.02 Å². The first-order valence-corrected chi connectivity index (χ1v) is 9.13. The summed E-state index contributed by atoms with van der Waals surface area (Å²) in [4.78, 5) is 38.4. The second-order valence-corrected chi connectivity index (χ2v) is 7.49. The minimum absolute atomic E-state index is 0.316. The molecule has 0 radical (unpaired) electrons. The van der Waals surface area contributed by atoms with E-state index in [2.05, 4.69) is 10.6 Å². The zero-order valence-corrected chi connectivity index (χ0v) is 15.8. The van der Waals surface area contributed by atoms with Crippen molar-refractivity contribution in [2.24, 2.45) is 0 Å². The Morgan fingerprint density at radius 1 is 1.29 bits per heavy atom. The van der Waals surface area contributed by atoms with Gasteiger partial charge in [-0.2, -0.15) is 13.2 Å². The molecule has 0 bridgehead atoms. The summed E-state index contributed by atoms with van der Waals surface area (Å²) in [5.41, 5.74) is -3.10. The van der Waals surface area contributed by atoms with Crippen LogP contribution in [-0.4, -0.2) is 29.3 Å². The second-order valence-electron chi connectivity index (χ2n) is 6.13. The number of thiophene rings is 1. The van der Waals surface area contributed by atoms with Gasteiger partial charge in [-0.1, -0.05) is 23.7 Å². The van der Waals surface area contributed by atoms with E-state index in [1.54, 1.807) is 17.5 Å². The van der Waals surface area contributed by atoms with Crippen LogP contribution in [0.3, 0.4) is 0 Å². The molecule has 1 atom stereocenters. The van der Waals surface area contributed by atoms with Crippen molar-refractivity contribution in [1.82, 2.24) is 10.2 Å². The molecule has 0 spiro atoms. The molecule has 4 amide bonds. The second kappa shape index (κ2) is 7.10. The molecular weight excluding hydrogens is 419 g/mol. The maximum atomic E-state index is 13.1. The van der Waals surface area contributed by atoms with Gasteiger partial charge in [-0.05, 0) is 30.5 Å². The molecule has 28 heavy (non-hydrogen) atoms. The Morgan fingerprint density at radius 2 is 2.00 bits per heavy atom. The minimum atomic E-state index is -4.74. The third-order valence-corrected chi connectivity index (χ3v) is 5.58. The van der Waals surface area contributed by atoms with E-state index in [1.165, 1.54) is 24.3 Å². The third kappa shape index (κ3) is 3.57. The van der Waals surface area contributed by atoms with E-state index in [0.717, 1.165) is 12.1 Å². The first kappa shape index (κ1) is 20.2. The number of hydrogen-bond donors (Lipinski definition) is 2. The summed E-state index contributed by atoms with van der Waals surface area (Å²) in [7, 11) is 0. The monoisotopic (exact) mass is 431 g/mol. The van der Waals surface area contributed by atoms with Crippen molar-refractivity contribution in [1.29, 1.82) is 0 Å². The van der Waals surface area contributed by atoms with Crippen LogP contribution < -0.4 is 10.6 Å². The maximum Gasteiger partial charge on any atom is 0.418 e. The molecule has 2 heterocycles. The molecule has 1 fully saturated rings. The van der Waals surface area contributed by atoms with Gasteiger partial charge in [0.2, 0.25) is 5.91 Å². The number of benzene rings is 1. The van der Waals surface area contributed by atoms with Crippen LogP contribution in [0.2, 0.25) is 5.02 Å². The Balaban J connectivity index is 1.80. The highest BCUT2D eigenvalue weighted by Crippen LogP contribution is 2.38. The third-order valence-electron chi connectivity index (χ3n) is 4.17. The Hall–Kier alpha value is -2.59. The predicted molar refractivity (Wildman–Crippen MR) is 97.0 cm³/mol. The molecule has 1 aliphatic rings. The number of amides is 4. The van der Waals surface area contributed by atoms with Gasteiger partial charge in [0.15, 0.2) is 5.54 Å². The summed E-state index contributed by atoms with van der Waals surface area (Å²) in [5.74, 6) is -1.66. The zero-order valence-electron chi connectivity index (χ0n) is 14.3. The van der Waals surface area contributed by atoms with Crippen molar-refractivity contribution in [3.05, 3.63) is 51.2 Å². The van der Waals surface area contributed by atoms with Crippen LogP contribution >= 0.6 is 22.9 Å². The molecule has 0 saturated carbocycles. The number of anilines is 1. The fourth-order valence-corrected chi connectivity index (χ4v) is 3.84. The topological polar surface area (TPSA) is 78.5 Å². The lowest BCUT2D eigenvalue weighted by atomic mass is 10.0. The van der Waals surface area contributed by atoms with Crippen molar-refractivity contribution in [3.8, 4) is 0 Å². The number of alkyl halides is 3. The smallest absolute Gasteiger partial charge is 0.323 e. The molecule has 1 saturated heterocycles. The normalized spacial score (nSPS) is 19.7. The van der Waals surface area contributed by atoms with Gasteiger partial charge < -0.3 is 10.6 Å². The van der Waals surface area contributed by atoms with Crippen molar-refractivity contribution in [3.63, 3.8) is 0 Å². The highest BCUT2D eigenvalue weighted by molar-refractivity contribution is 7.10. The van der Waals surface area contributed by atoms with Crippen LogP contribution in [0, 0.1) is 0 Å². The number of carbonyl (C=O) groups is 3. The van der Waals surface area contributed by atoms with E-state index in [4.69, 9.17) is 11.6 Å². The van der Waals surface area contributed by atoms with Gasteiger partial charge in [-0.15, -0.1) is 11.3 Å². The number of imide groups is 1. The highest BCUT2D eigenvalue weighted by atomic mass is 35.5. The molecule has 3 rings (SSSR count). The molecular formula is C17H13ClF3N3O3S. The standard InChI is InChI=1S/C17H13ClF3N3O3S/c1-16(11-6-3-7-28-11)14(26)24(15(27)23-16)8-12(25)22-13-9(17(19,20)21)4-2-5-10(13)18/h2-7H,8H2,1H3,(H,22,25)(H,23,27). The summed E-state index contributed by atoms with van der Waals surface area (Å²) >= 11 is 7.04. The van der Waals surface area contributed by atoms with E-state index in [0.29, 0.717) is 9.78 Å². The van der Waals surface area contributed by atoms with Gasteiger partial charge in [-0.3, -0.25) is 14.5 Å². The van der Waals surface area contributed by atoms with Crippen LogP contribution in [0.5, 0.6) is 0 Å². The van der Waals surface area contributed by atoms with Gasteiger partial charge in [0.05, 0.1) is 16.3 Å². The number of nitrogens with zero attached hydrogens (tertiary/aromatic N) is 1. The van der Waals surface area contributed by atoms with E-state index in [9.17, 15) is 27.6 Å². The van der Waals surface area contributed by atoms with Gasteiger partial charge in [0.1, 0.15) is 6.54 Å². The van der Waals surface area contributed by atoms with E-state index < -0.39 is 47.4 Å². The summed E-state index contributed by atoms with van der Waals surface area (Å²) in [6, 6.07) is 5.61. The lowest BCUT2D eigenvalue weighted by Gasteiger charge is -2.20. The van der Waals surface area contributed by atoms with Crippen LogP contribution in [0.15, 0.2) is 35.7 Å². The van der Waals surface area contributed by atoms with Gasteiger partial charge in [0.25, 0.3) is 5.91 Å². The Bertz CT molecular complexity index is 949. The Kier molecular flexibility index (Phi) is 5.11. The fourth-order valence-electron chi connectivity index (χ4n) is 2.78. The Morgan fingerprint density at radius 3 is 2.61 bits per heavy atom. The molecule has 11 heteroatoms. The zero-order chi connectivity index (χ0) is 20.7. The molecule has 1 aromatic heterocycles. The van der Waals surface area contributed by atoms with Crippen molar-refractivity contribution in [2.45, 2.75) is 18.6 Å². The van der Waals surface area contributed by atoms with Crippen molar-refractivity contribution in [2.75, 3.05) is 11.9 Å². The van der Waals surface area contributed by atoms with Crippen LogP contribution in [0.4, 0.5) is 23.7 Å². The maximum absolute atomic E-state index is 13.1. The Labute approximate surface area is 166 Å². The molecule has 6 nitrogen and oxygen atoms in total. The number of urea groups is 1. The predicted octanol–water partition coefficient (Wildman–Crippen LogP) is 3.83. The molecule has 2 aromatic rings. The summed E-state index contributed by atoms with van der Waals surface area (Å²) < 4.78 is 39.4. The van der Waals surface area contributed by atoms with Crippen LogP contribution in [0.25, 0.3) is 0 Å². The first-order valence-electron chi connectivity index (χ1n) is 7.87. The summed E-state index contributed by atoms with van der Waals surface area (Å²) in [6.45, 7) is 0.737. The minimum Gasteiger partial charge on any atom is -0.323 e. The van der Waals surface area contributed by atoms with Gasteiger partial charge in [0, 0.05) is 4.88 Å². The summed E-state index contributed by atoms with van der Waals surface area (Å²) in [6.07, 6.45) is -4.74. The molecule has 148 valence electrons. The van der Waals surface area contributed by atoms with Gasteiger partial charge in [-0.25, -0.2) is 4.79 Å². The molecule has 0 aliphatic carbocycles.